The summed E-state index contributed by atoms with van der Waals surface area (Å²) in [7, 11) is 3.10. The average Bonchev–Trinajstić information content (AvgIpc) is 1.63. The van der Waals surface area contributed by atoms with E-state index in [9.17, 15) is 24.9 Å². The molecule has 36 nitrogen and oxygen atoms in total. The second kappa shape index (κ2) is 79.4. The summed E-state index contributed by atoms with van der Waals surface area (Å²) in [6.45, 7) is 26.1. The molecule has 2 amide bonds. The van der Waals surface area contributed by atoms with Crippen molar-refractivity contribution in [2.45, 2.75) is 233 Å². The number of aliphatic hydroxyl groups excluding tert-OH is 6. The van der Waals surface area contributed by atoms with Gasteiger partial charge >= 0.3 is 41.7 Å². The predicted octanol–water partition coefficient (Wildman–Crippen LogP) is 12.4. The number of rotatable bonds is 41. The third-order valence-electron chi connectivity index (χ3n) is 20.2. The van der Waals surface area contributed by atoms with Gasteiger partial charge in [-0.25, -0.2) is 49.5 Å². The number of methoxy groups -OCH3 is 1. The normalized spacial score (nSPS) is 13.2. The van der Waals surface area contributed by atoms with Crippen LogP contribution < -0.4 is 73.3 Å². The van der Waals surface area contributed by atoms with E-state index in [2.05, 4.69) is 97.7 Å². The van der Waals surface area contributed by atoms with Crippen LogP contribution in [0, 0.1) is 19.3 Å². The number of carbonyl (C=O) groups excluding carboxylic acids is 2. The minimum Gasteiger partial charge on any atom is -0.615 e. The molecule has 11 aromatic rings. The first-order valence-corrected chi connectivity index (χ1v) is 51.0. The van der Waals surface area contributed by atoms with Crippen molar-refractivity contribution < 1.29 is 149 Å². The predicted molar refractivity (Wildman–Crippen MR) is 575 cm³/mol. The molecule has 1 aliphatic heterocycles. The van der Waals surface area contributed by atoms with Gasteiger partial charge in [0.05, 0.1) is 99.7 Å². The van der Waals surface area contributed by atoms with Crippen LogP contribution >= 0.6 is 58.5 Å². The van der Waals surface area contributed by atoms with Gasteiger partial charge in [-0.15, -0.1) is 0 Å². The van der Waals surface area contributed by atoms with Crippen LogP contribution in [-0.4, -0.2) is 241 Å². The van der Waals surface area contributed by atoms with E-state index in [1.807, 2.05) is 169 Å². The molecule has 1 aliphatic carbocycles. The van der Waals surface area contributed by atoms with E-state index in [4.69, 9.17) is 106 Å². The zero-order valence-corrected chi connectivity index (χ0v) is 95.7. The Kier molecular flexibility index (Phi) is 76.4. The zero-order chi connectivity index (χ0) is 104. The number of aromatic nitrogens is 11. The Balaban J connectivity index is 0. The number of aryl methyl sites for hydroxylation is 2. The number of nitrogens with two attached hydrogens (primary N) is 4. The Hall–Kier alpha value is -7.59. The minimum atomic E-state index is -0.937. The van der Waals surface area contributed by atoms with Gasteiger partial charge in [-0.3, -0.25) is 0 Å². The quantitative estimate of drug-likeness (QED) is 0.00556. The fourth-order valence-corrected chi connectivity index (χ4v) is 15.8. The topological polar surface area (TPSA) is 535 Å². The number of fused-ring (bicyclic) bond motifs is 4. The smallest absolute Gasteiger partial charge is 0.615 e. The number of hydrogen-bond donors (Lipinski definition) is 13. The van der Waals surface area contributed by atoms with Crippen LogP contribution in [0.25, 0.3) is 44.5 Å². The Morgan fingerprint density at radius 2 is 0.945 bits per heavy atom. The van der Waals surface area contributed by atoms with Crippen molar-refractivity contribution in [2.24, 2.45) is 11.6 Å². The summed E-state index contributed by atoms with van der Waals surface area (Å²) >= 11 is 17.5. The summed E-state index contributed by atoms with van der Waals surface area (Å²) in [5, 5.41) is 71.2. The van der Waals surface area contributed by atoms with Crippen LogP contribution in [0.15, 0.2) is 171 Å². The Bertz CT molecular complexity index is 5180. The largest absolute Gasteiger partial charge is 1.00 e. The Morgan fingerprint density at radius 1 is 0.568 bits per heavy atom. The van der Waals surface area contributed by atoms with Crippen LogP contribution in [-0.2, 0) is 140 Å². The van der Waals surface area contributed by atoms with Crippen molar-refractivity contribution in [3.05, 3.63) is 246 Å². The number of anilines is 2. The number of aliphatic hydroxyl groups is 6. The van der Waals surface area contributed by atoms with E-state index in [1.165, 1.54) is 43.5 Å². The number of halogens is 2. The molecule has 146 heavy (non-hydrogen) atoms. The van der Waals surface area contributed by atoms with Crippen LogP contribution in [0.3, 0.4) is 0 Å². The molecule has 1 fully saturated rings. The number of ether oxygens (including phenoxy) is 8. The second-order valence-electron chi connectivity index (χ2n) is 34.2. The molecule has 0 saturated carbocycles. The number of allylic oxidation sites excluding steroid dienone is 2. The molecular formula is C101H149BCl2N20NaO16Pd2S3-2. The van der Waals surface area contributed by atoms with Gasteiger partial charge in [0, 0.05) is 111 Å². The summed E-state index contributed by atoms with van der Waals surface area (Å²) in [4.78, 5) is 55.6. The minimum absolute atomic E-state index is 0. The molecule has 2 aliphatic rings. The van der Waals surface area contributed by atoms with Crippen molar-refractivity contribution in [1.29, 1.82) is 5.26 Å². The van der Waals surface area contributed by atoms with Crippen molar-refractivity contribution in [3.63, 3.8) is 0 Å². The summed E-state index contributed by atoms with van der Waals surface area (Å²) in [6.07, 6.45) is 26.2. The number of nitrogens with zero attached hydrogens (tertiary/aromatic N) is 12. The summed E-state index contributed by atoms with van der Waals surface area (Å²) < 4.78 is 49.6. The van der Waals surface area contributed by atoms with Gasteiger partial charge in [-0.2, -0.15) is 35.3 Å². The molecule has 45 heteroatoms. The number of hydrogen-bond acceptors (Lipinski definition) is 33. The monoisotopic (exact) mass is 2310 g/mol. The van der Waals surface area contributed by atoms with Crippen LogP contribution in [0.2, 0.25) is 10.3 Å². The van der Waals surface area contributed by atoms with Crippen molar-refractivity contribution in [1.82, 2.24) is 69.5 Å². The maximum absolute atomic E-state index is 11.0. The molecule has 8 heterocycles. The number of carbonyl (C=O) groups is 2. The van der Waals surface area contributed by atoms with Crippen molar-refractivity contribution >= 4 is 129 Å². The molecule has 1 saturated heterocycles. The molecule has 0 spiro atoms. The summed E-state index contributed by atoms with van der Waals surface area (Å²) in [5.74, 6) is 12.6. The molecular weight excluding hydrogens is 2160 g/mol. The number of amides is 2. The van der Waals surface area contributed by atoms with E-state index >= 15 is 0 Å². The van der Waals surface area contributed by atoms with E-state index in [0.717, 1.165) is 156 Å². The first-order valence-electron chi connectivity index (χ1n) is 46.0. The third kappa shape index (κ3) is 54.9. The molecule has 18 N–H and O–H groups in total. The van der Waals surface area contributed by atoms with E-state index in [1.54, 1.807) is 83.9 Å². The van der Waals surface area contributed by atoms with Gasteiger partial charge in [-0.05, 0) is 191 Å². The fraction of sp³-hybridized carbons (Fsp3) is 0.485. The van der Waals surface area contributed by atoms with E-state index in [0.29, 0.717) is 91.8 Å². The first-order chi connectivity index (χ1) is 67.7. The Labute approximate surface area is 935 Å². The molecule has 0 unspecified atom stereocenters. The number of nitrogens with one attached hydrogen (secondary N) is 4. The molecule has 13 rings (SSSR count). The van der Waals surface area contributed by atoms with E-state index in [-0.39, 0.29) is 130 Å². The van der Waals surface area contributed by atoms with Gasteiger partial charge in [0.15, 0.2) is 27.7 Å². The van der Waals surface area contributed by atoms with Gasteiger partial charge in [0.2, 0.25) is 0 Å². The molecule has 807 valence electrons. The fourth-order valence-electron chi connectivity index (χ4n) is 13.7. The van der Waals surface area contributed by atoms with Crippen molar-refractivity contribution in [2.75, 3.05) is 94.5 Å². The van der Waals surface area contributed by atoms with Crippen LogP contribution in [0.1, 0.15) is 158 Å². The summed E-state index contributed by atoms with van der Waals surface area (Å²) in [5.41, 5.74) is 30.3. The number of alkyl carbamates (subject to hydrolysis) is 2. The summed E-state index contributed by atoms with van der Waals surface area (Å²) in [6, 6.07) is 40.5. The average molecular weight is 2310 g/mol. The van der Waals surface area contributed by atoms with Crippen molar-refractivity contribution in [3.8, 4) is 5.75 Å². The maximum Gasteiger partial charge on any atom is 1.00 e. The molecule has 0 bridgehead atoms. The SMILES string of the molecule is CC(C)(C)OC(=O)NC[C@H](O)CO.CC1(C)OC[C@H](CNCc2ccccc2)O1.CC[C@@H](O)CNC(=O)OC(C)(C)C.CN.COc1cn(COCc2ccccc2)c2c(Cl)ncnc12.CSC[C@@H](O)CCCC1=CCc2c(N)ncnc21.CSC[C@@H](O)CCCc1cn(COCc2ccccc2)c2c(Cl)ncnc12.CSC[C@@H](O)CCCc1cn(COCc2ccccc2)c2c(N)ncnc12.[B].[C-]#N.[CH3-].[NH-]N.[Na+].[Pd].[Pd]. The molecule has 6 atom stereocenters. The Morgan fingerprint density at radius 3 is 1.35 bits per heavy atom. The first kappa shape index (κ1) is 140. The third-order valence-corrected chi connectivity index (χ3v) is 22.9. The van der Waals surface area contributed by atoms with Gasteiger partial charge in [0.1, 0.15) is 84.6 Å². The van der Waals surface area contributed by atoms with Gasteiger partial charge in [0.25, 0.3) is 0 Å². The zero-order valence-electron chi connectivity index (χ0n) is 86.6. The molecule has 4 aromatic carbocycles. The number of thioether (sulfide) groups is 3. The number of nitrogen functional groups attached to an aromatic ring is 2. The maximum atomic E-state index is 11.0. The molecule has 3 radical (unpaired) electrons. The van der Waals surface area contributed by atoms with Gasteiger partial charge < -0.3 is 146 Å². The molecule has 7 aromatic heterocycles. The van der Waals surface area contributed by atoms with Crippen LogP contribution in [0.4, 0.5) is 21.2 Å². The standard InChI is InChI=1S/C20H24ClN3O2S.C20H26N4O2S.C15H14ClN3O2.C13H19N3OS.C13H19NO2.C9H19NO3.C8H17NO4.CH5N.CN.CH3.B.H3N2.Na.2Pd/c2*1-27-12-17(25)9-5-8-16-10-24(19-18(16)22-13-23-20(19)21)14-26-11-15-6-3-2-4-7-15;1-20-12-7-19(14-13(12)17-9-18-15(14)16)10-21-8-11-5-3-2-4-6-11;1-18-7-10(17)4-2-3-9-5-6-11-12(9)15-8-16-13(11)14;1-13(2)15-10-12(16-13)9-14-8-11-6-4-3-5-7-11;1-5-7(11)6-10-8(12)13-9(2,3)4;1-8(2,3)13-7(12)9-4-6(11)5-10;2*1-2;;;1-2;;;/h2-4,6-7,10,13,17,25H,5,8-9,11-12,14H2,1H3;2-4,6-7,10,13,17,25H,5,8-9,11-12,14H2,1H3,(H2,21,22,23);2-7,9H,8,10H2,1H3;5,8,10,17H,2-4,6-7H2,1H3,(H2,14,15,16);3-7,12,14H,8-10H2,1-2H3;7,11H,5-6H2,1-4H3,(H,10,12);6,10-11H,4-5H2,1-3H3,(H,9,12);2H2,1H3;;1H3;;1H,2H2;;;/q;;;;;;;;2*-1;;-1;+1;;/t2*17-;;10-;12-;7-;6-;;;;;;;;/m00.0010......../s1. The second-order valence-corrected chi connectivity index (χ2v) is 37.7. The number of benzene rings is 4. The van der Waals surface area contributed by atoms with Crippen LogP contribution in [0.5, 0.6) is 5.75 Å². The van der Waals surface area contributed by atoms with E-state index < -0.39 is 41.4 Å². The van der Waals surface area contributed by atoms with Gasteiger partial charge in [-0.1, -0.05) is 158 Å².